The number of anilines is 1. The SMILES string of the molecule is CCCN(CCC)C(=O)c1cncc(C(=O)Nc2ccc(C(=O)OCC)cc2)c1. The van der Waals surface area contributed by atoms with Crippen LogP contribution >= 0.6 is 0 Å². The van der Waals surface area contributed by atoms with Gasteiger partial charge in [0.2, 0.25) is 0 Å². The summed E-state index contributed by atoms with van der Waals surface area (Å²) in [7, 11) is 0. The fraction of sp³-hybridized carbons (Fsp3) is 0.364. The van der Waals surface area contributed by atoms with Gasteiger partial charge < -0.3 is 15.0 Å². The van der Waals surface area contributed by atoms with E-state index in [0.717, 1.165) is 12.8 Å². The van der Waals surface area contributed by atoms with Crippen LogP contribution in [0.1, 0.15) is 64.7 Å². The Morgan fingerprint density at radius 2 is 1.55 bits per heavy atom. The first-order chi connectivity index (χ1) is 14.0. The first-order valence-electron chi connectivity index (χ1n) is 9.83. The van der Waals surface area contributed by atoms with Crippen LogP contribution in [0.3, 0.4) is 0 Å². The van der Waals surface area contributed by atoms with Crippen molar-refractivity contribution in [1.29, 1.82) is 0 Å². The zero-order chi connectivity index (χ0) is 21.2. The van der Waals surface area contributed by atoms with Gasteiger partial charge >= 0.3 is 5.97 Å². The molecule has 0 aliphatic carbocycles. The Labute approximate surface area is 171 Å². The third-order valence-corrected chi connectivity index (χ3v) is 4.18. The van der Waals surface area contributed by atoms with Gasteiger partial charge in [-0.15, -0.1) is 0 Å². The summed E-state index contributed by atoms with van der Waals surface area (Å²) >= 11 is 0. The number of hydrogen-bond donors (Lipinski definition) is 1. The minimum atomic E-state index is -0.412. The van der Waals surface area contributed by atoms with Crippen molar-refractivity contribution in [3.8, 4) is 0 Å². The molecule has 29 heavy (non-hydrogen) atoms. The summed E-state index contributed by atoms with van der Waals surface area (Å²) in [6.07, 6.45) is 4.62. The molecule has 1 aromatic heterocycles. The van der Waals surface area contributed by atoms with Gasteiger partial charge in [0.15, 0.2) is 0 Å². The molecule has 1 N–H and O–H groups in total. The highest BCUT2D eigenvalue weighted by Crippen LogP contribution is 2.14. The van der Waals surface area contributed by atoms with Crippen molar-refractivity contribution in [3.63, 3.8) is 0 Å². The molecule has 0 spiro atoms. The number of benzene rings is 1. The molecule has 7 nitrogen and oxygen atoms in total. The number of amides is 2. The molecule has 0 fully saturated rings. The molecule has 154 valence electrons. The zero-order valence-electron chi connectivity index (χ0n) is 17.1. The average molecular weight is 397 g/mol. The van der Waals surface area contributed by atoms with Gasteiger partial charge in [-0.3, -0.25) is 14.6 Å². The lowest BCUT2D eigenvalue weighted by Crippen LogP contribution is -2.32. The number of carbonyl (C=O) groups is 3. The minimum Gasteiger partial charge on any atom is -0.462 e. The molecule has 0 aliphatic rings. The van der Waals surface area contributed by atoms with Gasteiger partial charge in [-0.2, -0.15) is 0 Å². The number of pyridine rings is 1. The maximum atomic E-state index is 12.7. The van der Waals surface area contributed by atoms with E-state index in [4.69, 9.17) is 4.74 Å². The van der Waals surface area contributed by atoms with Crippen LogP contribution in [0.4, 0.5) is 5.69 Å². The van der Waals surface area contributed by atoms with Crippen LogP contribution in [0.15, 0.2) is 42.7 Å². The van der Waals surface area contributed by atoms with Crippen LogP contribution in [0.5, 0.6) is 0 Å². The molecule has 0 saturated carbocycles. The first-order valence-corrected chi connectivity index (χ1v) is 9.83. The summed E-state index contributed by atoms with van der Waals surface area (Å²) < 4.78 is 4.94. The van der Waals surface area contributed by atoms with E-state index in [-0.39, 0.29) is 11.8 Å². The van der Waals surface area contributed by atoms with Crippen molar-refractivity contribution in [2.24, 2.45) is 0 Å². The van der Waals surface area contributed by atoms with Gasteiger partial charge in [0.1, 0.15) is 0 Å². The normalized spacial score (nSPS) is 10.3. The molecule has 0 unspecified atom stereocenters. The molecule has 0 radical (unpaired) electrons. The number of hydrogen-bond acceptors (Lipinski definition) is 5. The molecule has 2 rings (SSSR count). The third-order valence-electron chi connectivity index (χ3n) is 4.18. The van der Waals surface area contributed by atoms with E-state index in [9.17, 15) is 14.4 Å². The molecular formula is C22H27N3O4. The number of rotatable bonds is 9. The van der Waals surface area contributed by atoms with Gasteiger partial charge in [-0.05, 0) is 50.1 Å². The van der Waals surface area contributed by atoms with E-state index in [2.05, 4.69) is 10.3 Å². The Morgan fingerprint density at radius 3 is 2.14 bits per heavy atom. The third kappa shape index (κ3) is 6.14. The summed E-state index contributed by atoms with van der Waals surface area (Å²) in [5, 5.41) is 2.75. The number of nitrogens with one attached hydrogen (secondary N) is 1. The van der Waals surface area contributed by atoms with E-state index < -0.39 is 5.97 Å². The van der Waals surface area contributed by atoms with Crippen molar-refractivity contribution < 1.29 is 19.1 Å². The van der Waals surface area contributed by atoms with Crippen molar-refractivity contribution in [2.45, 2.75) is 33.6 Å². The highest BCUT2D eigenvalue weighted by atomic mass is 16.5. The Hall–Kier alpha value is -3.22. The van der Waals surface area contributed by atoms with Crippen LogP contribution in [0.2, 0.25) is 0 Å². The highest BCUT2D eigenvalue weighted by molar-refractivity contribution is 6.06. The number of esters is 1. The summed E-state index contributed by atoms with van der Waals surface area (Å²) in [4.78, 5) is 42.8. The Bertz CT molecular complexity index is 843. The molecule has 2 amide bonds. The lowest BCUT2D eigenvalue weighted by atomic mass is 10.1. The smallest absolute Gasteiger partial charge is 0.338 e. The molecule has 0 atom stereocenters. The van der Waals surface area contributed by atoms with Crippen molar-refractivity contribution >= 4 is 23.5 Å². The molecular weight excluding hydrogens is 370 g/mol. The number of carbonyl (C=O) groups excluding carboxylic acids is 3. The van der Waals surface area contributed by atoms with E-state index >= 15 is 0 Å². The number of nitrogens with zero attached hydrogens (tertiary/aromatic N) is 2. The van der Waals surface area contributed by atoms with E-state index in [0.29, 0.717) is 42.1 Å². The van der Waals surface area contributed by atoms with Crippen LogP contribution in [0, 0.1) is 0 Å². The van der Waals surface area contributed by atoms with Gasteiger partial charge in [-0.25, -0.2) is 4.79 Å². The Kier molecular flexibility index (Phi) is 8.33. The number of aromatic nitrogens is 1. The lowest BCUT2D eigenvalue weighted by molar-refractivity contribution is 0.0526. The molecule has 1 heterocycles. The molecule has 2 aromatic rings. The van der Waals surface area contributed by atoms with Gasteiger partial charge in [0.25, 0.3) is 11.8 Å². The van der Waals surface area contributed by atoms with Gasteiger partial charge in [-0.1, -0.05) is 13.8 Å². The van der Waals surface area contributed by atoms with Crippen LogP contribution in [-0.2, 0) is 4.74 Å². The fourth-order valence-electron chi connectivity index (χ4n) is 2.83. The predicted molar refractivity (Wildman–Crippen MR) is 111 cm³/mol. The van der Waals surface area contributed by atoms with E-state index in [1.165, 1.54) is 12.4 Å². The molecule has 0 saturated heterocycles. The lowest BCUT2D eigenvalue weighted by Gasteiger charge is -2.21. The van der Waals surface area contributed by atoms with Crippen molar-refractivity contribution in [3.05, 3.63) is 59.4 Å². The standard InChI is InChI=1S/C22H27N3O4/c1-4-11-25(12-5-2)21(27)18-13-17(14-23-15-18)20(26)24-19-9-7-16(8-10-19)22(28)29-6-3/h7-10,13-15H,4-6,11-12H2,1-3H3,(H,24,26). The Morgan fingerprint density at radius 1 is 0.931 bits per heavy atom. The fourth-order valence-corrected chi connectivity index (χ4v) is 2.83. The second kappa shape index (κ2) is 10.9. The molecule has 0 aliphatic heterocycles. The predicted octanol–water partition coefficient (Wildman–Crippen LogP) is 3.77. The van der Waals surface area contributed by atoms with Crippen molar-refractivity contribution in [2.75, 3.05) is 25.0 Å². The molecule has 7 heteroatoms. The highest BCUT2D eigenvalue weighted by Gasteiger charge is 2.17. The second-order valence-corrected chi connectivity index (χ2v) is 6.51. The average Bonchev–Trinajstić information content (AvgIpc) is 2.74. The topological polar surface area (TPSA) is 88.6 Å². The van der Waals surface area contributed by atoms with Crippen LogP contribution in [0.25, 0.3) is 0 Å². The summed E-state index contributed by atoms with van der Waals surface area (Å²) in [6.45, 7) is 7.40. The summed E-state index contributed by atoms with van der Waals surface area (Å²) in [6, 6.07) is 7.96. The van der Waals surface area contributed by atoms with E-state index in [1.54, 1.807) is 42.2 Å². The summed E-state index contributed by atoms with van der Waals surface area (Å²) in [5.74, 6) is -0.923. The molecule has 0 bridgehead atoms. The molecule has 1 aromatic carbocycles. The maximum Gasteiger partial charge on any atom is 0.338 e. The number of ether oxygens (including phenoxy) is 1. The van der Waals surface area contributed by atoms with Gasteiger partial charge in [0, 0.05) is 31.2 Å². The van der Waals surface area contributed by atoms with Gasteiger partial charge in [0.05, 0.1) is 23.3 Å². The maximum absolute atomic E-state index is 12.7. The van der Waals surface area contributed by atoms with Crippen LogP contribution < -0.4 is 5.32 Å². The quantitative estimate of drug-likeness (QED) is 0.651. The van der Waals surface area contributed by atoms with Crippen LogP contribution in [-0.4, -0.2) is 47.4 Å². The van der Waals surface area contributed by atoms with E-state index in [1.807, 2.05) is 13.8 Å². The minimum absolute atomic E-state index is 0.130. The second-order valence-electron chi connectivity index (χ2n) is 6.51. The summed E-state index contributed by atoms with van der Waals surface area (Å²) in [5.41, 5.74) is 1.61. The zero-order valence-corrected chi connectivity index (χ0v) is 17.1. The Balaban J connectivity index is 2.11. The monoisotopic (exact) mass is 397 g/mol. The first kappa shape index (κ1) is 22.1. The largest absolute Gasteiger partial charge is 0.462 e. The van der Waals surface area contributed by atoms with Crippen molar-refractivity contribution in [1.82, 2.24) is 9.88 Å².